The lowest BCUT2D eigenvalue weighted by Gasteiger charge is -2.10. The molecule has 0 saturated carbocycles. The van der Waals surface area contributed by atoms with Crippen molar-refractivity contribution in [2.45, 2.75) is 0 Å². The molecule has 0 aliphatic carbocycles. The SMILES string of the molecule is O=C(Nc1cccc(C(=O)Nc2ccc(Oc3ccccc3)cc2)c1)c1cccnc1. The van der Waals surface area contributed by atoms with E-state index in [1.54, 1.807) is 66.9 Å². The third kappa shape index (κ3) is 5.33. The highest BCUT2D eigenvalue weighted by molar-refractivity contribution is 6.07. The quantitative estimate of drug-likeness (QED) is 0.448. The fourth-order valence-corrected chi connectivity index (χ4v) is 2.87. The van der Waals surface area contributed by atoms with Crippen LogP contribution in [-0.2, 0) is 0 Å². The van der Waals surface area contributed by atoms with Gasteiger partial charge < -0.3 is 15.4 Å². The number of rotatable bonds is 6. The van der Waals surface area contributed by atoms with E-state index >= 15 is 0 Å². The fourth-order valence-electron chi connectivity index (χ4n) is 2.87. The van der Waals surface area contributed by atoms with Crippen molar-refractivity contribution in [1.82, 2.24) is 4.98 Å². The van der Waals surface area contributed by atoms with Gasteiger partial charge in [0.05, 0.1) is 5.56 Å². The minimum Gasteiger partial charge on any atom is -0.457 e. The molecule has 6 nitrogen and oxygen atoms in total. The van der Waals surface area contributed by atoms with Gasteiger partial charge in [0.25, 0.3) is 11.8 Å². The van der Waals surface area contributed by atoms with Gasteiger partial charge in [0.2, 0.25) is 0 Å². The van der Waals surface area contributed by atoms with Crippen LogP contribution in [0.4, 0.5) is 11.4 Å². The number of benzene rings is 3. The summed E-state index contributed by atoms with van der Waals surface area (Å²) in [6.07, 6.45) is 3.08. The number of amides is 2. The Labute approximate surface area is 179 Å². The van der Waals surface area contributed by atoms with Gasteiger partial charge in [0, 0.05) is 29.3 Å². The number of anilines is 2. The Bertz CT molecular complexity index is 1180. The maximum absolute atomic E-state index is 12.6. The number of nitrogens with one attached hydrogen (secondary N) is 2. The molecule has 2 amide bonds. The molecule has 6 heteroatoms. The summed E-state index contributed by atoms with van der Waals surface area (Å²) in [6, 6.07) is 26.7. The van der Waals surface area contributed by atoms with Crippen LogP contribution < -0.4 is 15.4 Å². The van der Waals surface area contributed by atoms with Crippen molar-refractivity contribution in [3.63, 3.8) is 0 Å². The van der Waals surface area contributed by atoms with Gasteiger partial charge in [-0.25, -0.2) is 0 Å². The normalized spacial score (nSPS) is 10.2. The smallest absolute Gasteiger partial charge is 0.257 e. The maximum atomic E-state index is 12.6. The summed E-state index contributed by atoms with van der Waals surface area (Å²) in [6.45, 7) is 0. The molecule has 0 bridgehead atoms. The zero-order valence-corrected chi connectivity index (χ0v) is 16.5. The fraction of sp³-hybridized carbons (Fsp3) is 0. The summed E-state index contributed by atoms with van der Waals surface area (Å²) in [7, 11) is 0. The van der Waals surface area contributed by atoms with Crippen molar-refractivity contribution in [3.8, 4) is 11.5 Å². The van der Waals surface area contributed by atoms with Gasteiger partial charge in [-0.3, -0.25) is 14.6 Å². The molecule has 0 saturated heterocycles. The number of carbonyl (C=O) groups is 2. The van der Waals surface area contributed by atoms with E-state index in [9.17, 15) is 9.59 Å². The van der Waals surface area contributed by atoms with E-state index in [0.29, 0.717) is 28.3 Å². The topological polar surface area (TPSA) is 80.3 Å². The lowest BCUT2D eigenvalue weighted by Crippen LogP contribution is -2.14. The van der Waals surface area contributed by atoms with Crippen LogP contribution in [-0.4, -0.2) is 16.8 Å². The van der Waals surface area contributed by atoms with Crippen LogP contribution in [0.2, 0.25) is 0 Å². The Morgan fingerprint density at radius 3 is 2.06 bits per heavy atom. The van der Waals surface area contributed by atoms with E-state index in [-0.39, 0.29) is 11.8 Å². The number of hydrogen-bond acceptors (Lipinski definition) is 4. The van der Waals surface area contributed by atoms with Crippen LogP contribution in [0.1, 0.15) is 20.7 Å². The molecule has 1 aromatic heterocycles. The van der Waals surface area contributed by atoms with Gasteiger partial charge in [-0.15, -0.1) is 0 Å². The average molecular weight is 409 g/mol. The Morgan fingerprint density at radius 1 is 0.645 bits per heavy atom. The molecule has 4 rings (SSSR count). The summed E-state index contributed by atoms with van der Waals surface area (Å²) >= 11 is 0. The summed E-state index contributed by atoms with van der Waals surface area (Å²) in [4.78, 5) is 28.9. The summed E-state index contributed by atoms with van der Waals surface area (Å²) < 4.78 is 5.75. The molecule has 4 aromatic rings. The molecule has 0 unspecified atom stereocenters. The molecule has 1 heterocycles. The Kier molecular flexibility index (Phi) is 6.00. The van der Waals surface area contributed by atoms with Crippen LogP contribution in [0.5, 0.6) is 11.5 Å². The number of aromatic nitrogens is 1. The molecule has 2 N–H and O–H groups in total. The highest BCUT2D eigenvalue weighted by atomic mass is 16.5. The molecular weight excluding hydrogens is 390 g/mol. The Hall–Kier alpha value is -4.45. The van der Waals surface area contributed by atoms with Crippen LogP contribution in [0, 0.1) is 0 Å². The summed E-state index contributed by atoms with van der Waals surface area (Å²) in [5.41, 5.74) is 2.02. The highest BCUT2D eigenvalue weighted by Crippen LogP contribution is 2.23. The Balaban J connectivity index is 1.39. The lowest BCUT2D eigenvalue weighted by atomic mass is 10.1. The first-order chi connectivity index (χ1) is 15.2. The predicted molar refractivity (Wildman–Crippen MR) is 120 cm³/mol. The van der Waals surface area contributed by atoms with Gasteiger partial charge in [0.15, 0.2) is 0 Å². The van der Waals surface area contributed by atoms with Crippen LogP contribution in [0.25, 0.3) is 0 Å². The number of pyridine rings is 1. The average Bonchev–Trinajstić information content (AvgIpc) is 2.82. The first kappa shape index (κ1) is 19.8. The standard InChI is InChI=1S/C25H19N3O3/c29-24(27-20-11-13-23(14-12-20)31-22-9-2-1-3-10-22)18-6-4-8-21(16-18)28-25(30)19-7-5-15-26-17-19/h1-17H,(H,27,29)(H,28,30). The zero-order chi connectivity index (χ0) is 21.5. The first-order valence-electron chi connectivity index (χ1n) is 9.63. The minimum absolute atomic E-state index is 0.283. The van der Waals surface area contributed by atoms with Crippen molar-refractivity contribution < 1.29 is 14.3 Å². The second kappa shape index (κ2) is 9.37. The molecule has 0 aliphatic rings. The van der Waals surface area contributed by atoms with Crippen molar-refractivity contribution >= 4 is 23.2 Å². The van der Waals surface area contributed by atoms with E-state index in [2.05, 4.69) is 15.6 Å². The van der Waals surface area contributed by atoms with Crippen LogP contribution in [0.3, 0.4) is 0 Å². The van der Waals surface area contributed by atoms with Crippen molar-refractivity contribution in [2.24, 2.45) is 0 Å². The van der Waals surface area contributed by atoms with Gasteiger partial charge in [-0.1, -0.05) is 24.3 Å². The molecule has 0 atom stereocenters. The number of nitrogens with zero attached hydrogens (tertiary/aromatic N) is 1. The number of carbonyl (C=O) groups excluding carboxylic acids is 2. The number of hydrogen-bond donors (Lipinski definition) is 2. The van der Waals surface area contributed by atoms with E-state index < -0.39 is 0 Å². The van der Waals surface area contributed by atoms with Gasteiger partial charge in [-0.05, 0) is 66.7 Å². The largest absolute Gasteiger partial charge is 0.457 e. The molecule has 31 heavy (non-hydrogen) atoms. The molecule has 0 aliphatic heterocycles. The van der Waals surface area contributed by atoms with Gasteiger partial charge >= 0.3 is 0 Å². The van der Waals surface area contributed by atoms with Crippen molar-refractivity contribution in [1.29, 1.82) is 0 Å². The predicted octanol–water partition coefficient (Wildman–Crippen LogP) is 5.38. The van der Waals surface area contributed by atoms with Crippen molar-refractivity contribution in [2.75, 3.05) is 10.6 Å². The molecule has 152 valence electrons. The number of ether oxygens (including phenoxy) is 1. The van der Waals surface area contributed by atoms with E-state index in [1.807, 2.05) is 30.3 Å². The van der Waals surface area contributed by atoms with Gasteiger partial charge in [0.1, 0.15) is 11.5 Å². The van der Waals surface area contributed by atoms with Crippen LogP contribution in [0.15, 0.2) is 103 Å². The third-order valence-electron chi connectivity index (χ3n) is 4.40. The van der Waals surface area contributed by atoms with Gasteiger partial charge in [-0.2, -0.15) is 0 Å². The van der Waals surface area contributed by atoms with Crippen molar-refractivity contribution in [3.05, 3.63) is 115 Å². The third-order valence-corrected chi connectivity index (χ3v) is 4.40. The lowest BCUT2D eigenvalue weighted by molar-refractivity contribution is 0.101. The van der Waals surface area contributed by atoms with E-state index in [0.717, 1.165) is 5.75 Å². The van der Waals surface area contributed by atoms with E-state index in [1.165, 1.54) is 6.20 Å². The maximum Gasteiger partial charge on any atom is 0.257 e. The molecule has 0 spiro atoms. The molecule has 3 aromatic carbocycles. The second-order valence-corrected chi connectivity index (χ2v) is 6.67. The zero-order valence-electron chi connectivity index (χ0n) is 16.5. The minimum atomic E-state index is -0.292. The molecule has 0 radical (unpaired) electrons. The highest BCUT2D eigenvalue weighted by Gasteiger charge is 2.10. The second-order valence-electron chi connectivity index (χ2n) is 6.67. The first-order valence-corrected chi connectivity index (χ1v) is 9.63. The molecular formula is C25H19N3O3. The summed E-state index contributed by atoms with van der Waals surface area (Å²) in [5, 5.41) is 5.62. The number of para-hydroxylation sites is 1. The van der Waals surface area contributed by atoms with E-state index in [4.69, 9.17) is 4.74 Å². The Morgan fingerprint density at radius 2 is 1.32 bits per heavy atom. The molecule has 0 fully saturated rings. The summed E-state index contributed by atoms with van der Waals surface area (Å²) in [5.74, 6) is 0.836. The monoisotopic (exact) mass is 409 g/mol. The van der Waals surface area contributed by atoms with Crippen LogP contribution >= 0.6 is 0 Å².